The number of carbonyl (C=O) groups is 1. The fraction of sp³-hybridized carbons (Fsp3) is 0.185. The van der Waals surface area contributed by atoms with Gasteiger partial charge in [-0.15, -0.1) is 0 Å². The Bertz CT molecular complexity index is 1390. The van der Waals surface area contributed by atoms with Gasteiger partial charge in [-0.05, 0) is 73.4 Å². The van der Waals surface area contributed by atoms with E-state index in [2.05, 4.69) is 12.2 Å². The van der Waals surface area contributed by atoms with Crippen molar-refractivity contribution in [2.24, 2.45) is 0 Å². The Morgan fingerprint density at radius 2 is 1.73 bits per heavy atom. The number of fused-ring (bicyclic) bond motifs is 1. The summed E-state index contributed by atoms with van der Waals surface area (Å²) in [5.74, 6) is -0.235. The third kappa shape index (κ3) is 4.78. The van der Waals surface area contributed by atoms with Gasteiger partial charge in [0, 0.05) is 11.3 Å². The molecule has 4 rings (SSSR count). The quantitative estimate of drug-likeness (QED) is 0.365. The number of carbonyl (C=O) groups excluding carboxylic acids is 1. The molecule has 0 spiro atoms. The summed E-state index contributed by atoms with van der Waals surface area (Å²) in [6.07, 6.45) is 0.916. The van der Waals surface area contributed by atoms with Crippen LogP contribution in [0.15, 0.2) is 69.9 Å². The maximum atomic E-state index is 13.4. The molecular formula is C27H24ClNO4. The molecule has 1 aromatic heterocycles. The highest BCUT2D eigenvalue weighted by Gasteiger charge is 2.21. The summed E-state index contributed by atoms with van der Waals surface area (Å²) >= 11 is 6.39. The van der Waals surface area contributed by atoms with Crippen molar-refractivity contribution in [2.75, 3.05) is 11.9 Å². The van der Waals surface area contributed by atoms with Crippen molar-refractivity contribution in [1.82, 2.24) is 0 Å². The smallest absolute Gasteiger partial charge is 0.262 e. The summed E-state index contributed by atoms with van der Waals surface area (Å²) in [4.78, 5) is 25.9. The summed E-state index contributed by atoms with van der Waals surface area (Å²) in [7, 11) is 0. The van der Waals surface area contributed by atoms with Crippen molar-refractivity contribution in [1.29, 1.82) is 0 Å². The molecule has 168 valence electrons. The highest BCUT2D eigenvalue weighted by atomic mass is 35.5. The zero-order valence-corrected chi connectivity index (χ0v) is 19.5. The molecule has 5 nitrogen and oxygen atoms in total. The number of amides is 1. The molecule has 0 aliphatic carbocycles. The largest absolute Gasteiger partial charge is 0.476 e. The Hall–Kier alpha value is -3.57. The number of hydrogen-bond donors (Lipinski definition) is 1. The van der Waals surface area contributed by atoms with Gasteiger partial charge in [0.05, 0.1) is 10.4 Å². The normalized spacial score (nSPS) is 10.9. The SMILES string of the molecule is CCc1ccc(NC(=O)COc2c(-c3ccccc3Cl)oc3cc(C)c(C)cc3c2=O)cc1. The van der Waals surface area contributed by atoms with Gasteiger partial charge in [-0.1, -0.05) is 42.8 Å². The zero-order valence-electron chi connectivity index (χ0n) is 18.7. The molecule has 0 radical (unpaired) electrons. The number of hydrogen-bond acceptors (Lipinski definition) is 4. The standard InChI is InChI=1S/C27H24ClNO4/c1-4-18-9-11-19(12-10-18)29-24(30)15-32-27-25(31)21-13-16(2)17(3)14-23(21)33-26(27)20-7-5-6-8-22(20)28/h5-14H,4,15H2,1-3H3,(H,29,30). The predicted octanol–water partition coefficient (Wildman–Crippen LogP) is 6.31. The minimum Gasteiger partial charge on any atom is -0.476 e. The molecule has 0 aliphatic heterocycles. The van der Waals surface area contributed by atoms with Crippen LogP contribution in [0.25, 0.3) is 22.3 Å². The van der Waals surface area contributed by atoms with Crippen molar-refractivity contribution in [3.05, 3.63) is 92.6 Å². The number of anilines is 1. The lowest BCUT2D eigenvalue weighted by molar-refractivity contribution is -0.118. The van der Waals surface area contributed by atoms with Crippen LogP contribution in [-0.2, 0) is 11.2 Å². The number of benzene rings is 3. The summed E-state index contributed by atoms with van der Waals surface area (Å²) in [6, 6.07) is 18.2. The molecule has 0 bridgehead atoms. The van der Waals surface area contributed by atoms with Gasteiger partial charge in [0.1, 0.15) is 5.58 Å². The molecule has 4 aromatic rings. The van der Waals surface area contributed by atoms with Gasteiger partial charge < -0.3 is 14.5 Å². The van der Waals surface area contributed by atoms with E-state index < -0.39 is 0 Å². The molecule has 0 unspecified atom stereocenters. The highest BCUT2D eigenvalue weighted by Crippen LogP contribution is 2.35. The van der Waals surface area contributed by atoms with Crippen molar-refractivity contribution < 1.29 is 13.9 Å². The molecule has 0 atom stereocenters. The Kier molecular flexibility index (Phi) is 6.52. The van der Waals surface area contributed by atoms with Gasteiger partial charge in [-0.2, -0.15) is 0 Å². The molecule has 3 aromatic carbocycles. The van der Waals surface area contributed by atoms with Gasteiger partial charge in [0.25, 0.3) is 5.91 Å². The first kappa shape index (κ1) is 22.6. The minimum atomic E-state index is -0.385. The van der Waals surface area contributed by atoms with Crippen LogP contribution in [0.4, 0.5) is 5.69 Å². The predicted molar refractivity (Wildman–Crippen MR) is 132 cm³/mol. The Morgan fingerprint density at radius 1 is 1.03 bits per heavy atom. The zero-order chi connectivity index (χ0) is 23.5. The summed E-state index contributed by atoms with van der Waals surface area (Å²) < 4.78 is 11.9. The van der Waals surface area contributed by atoms with Gasteiger partial charge in [0.2, 0.25) is 11.2 Å². The third-order valence-corrected chi connectivity index (χ3v) is 5.91. The first-order valence-electron chi connectivity index (χ1n) is 10.7. The van der Waals surface area contributed by atoms with Crippen molar-refractivity contribution in [3.63, 3.8) is 0 Å². The van der Waals surface area contributed by atoms with Gasteiger partial charge in [0.15, 0.2) is 12.4 Å². The van der Waals surface area contributed by atoms with E-state index in [4.69, 9.17) is 20.8 Å². The molecule has 0 fully saturated rings. The number of nitrogens with one attached hydrogen (secondary N) is 1. The Balaban J connectivity index is 1.70. The highest BCUT2D eigenvalue weighted by molar-refractivity contribution is 6.33. The van der Waals surface area contributed by atoms with Crippen molar-refractivity contribution in [2.45, 2.75) is 27.2 Å². The van der Waals surface area contributed by atoms with Crippen LogP contribution in [0.5, 0.6) is 5.75 Å². The molecular weight excluding hydrogens is 438 g/mol. The number of aryl methyl sites for hydroxylation is 3. The molecule has 1 N–H and O–H groups in total. The first-order chi connectivity index (χ1) is 15.9. The topological polar surface area (TPSA) is 68.5 Å². The van der Waals surface area contributed by atoms with E-state index in [0.29, 0.717) is 27.2 Å². The van der Waals surface area contributed by atoms with E-state index in [-0.39, 0.29) is 29.5 Å². The van der Waals surface area contributed by atoms with E-state index in [1.807, 2.05) is 44.2 Å². The summed E-state index contributed by atoms with van der Waals surface area (Å²) in [5.41, 5.74) is 4.39. The summed E-state index contributed by atoms with van der Waals surface area (Å²) in [5, 5.41) is 3.58. The summed E-state index contributed by atoms with van der Waals surface area (Å²) in [6.45, 7) is 5.59. The average molecular weight is 462 g/mol. The maximum Gasteiger partial charge on any atom is 0.262 e. The second kappa shape index (κ2) is 9.51. The van der Waals surface area contributed by atoms with Crippen molar-refractivity contribution in [3.8, 4) is 17.1 Å². The average Bonchev–Trinajstić information content (AvgIpc) is 2.80. The van der Waals surface area contributed by atoms with Gasteiger partial charge in [-0.3, -0.25) is 9.59 Å². The lowest BCUT2D eigenvalue weighted by atomic mass is 10.0. The van der Waals surface area contributed by atoms with Crippen LogP contribution >= 0.6 is 11.6 Å². The number of ether oxygens (including phenoxy) is 1. The maximum absolute atomic E-state index is 13.4. The van der Waals surface area contributed by atoms with E-state index in [1.54, 1.807) is 30.3 Å². The molecule has 1 amide bonds. The fourth-order valence-corrected chi connectivity index (χ4v) is 3.77. The van der Waals surface area contributed by atoms with Crippen LogP contribution in [-0.4, -0.2) is 12.5 Å². The molecule has 0 saturated heterocycles. The molecule has 33 heavy (non-hydrogen) atoms. The lowest BCUT2D eigenvalue weighted by Gasteiger charge is -2.13. The van der Waals surface area contributed by atoms with Crippen LogP contribution in [0.3, 0.4) is 0 Å². The van der Waals surface area contributed by atoms with E-state index in [9.17, 15) is 9.59 Å². The minimum absolute atomic E-state index is 0.0460. The van der Waals surface area contributed by atoms with Crippen molar-refractivity contribution >= 4 is 34.2 Å². The van der Waals surface area contributed by atoms with E-state index >= 15 is 0 Å². The van der Waals surface area contributed by atoms with Crippen LogP contribution < -0.4 is 15.5 Å². The van der Waals surface area contributed by atoms with Gasteiger partial charge in [-0.25, -0.2) is 0 Å². The second-order valence-electron chi connectivity index (χ2n) is 7.89. The Labute approximate surface area is 197 Å². The molecule has 0 aliphatic rings. The molecule has 1 heterocycles. The third-order valence-electron chi connectivity index (χ3n) is 5.58. The number of halogens is 1. The lowest BCUT2D eigenvalue weighted by Crippen LogP contribution is -2.22. The van der Waals surface area contributed by atoms with Crippen LogP contribution in [0, 0.1) is 13.8 Å². The van der Waals surface area contributed by atoms with Gasteiger partial charge >= 0.3 is 0 Å². The van der Waals surface area contributed by atoms with E-state index in [1.165, 1.54) is 5.56 Å². The first-order valence-corrected chi connectivity index (χ1v) is 11.1. The number of rotatable bonds is 6. The molecule has 0 saturated carbocycles. The van der Waals surface area contributed by atoms with Crippen LogP contribution in [0.2, 0.25) is 5.02 Å². The monoisotopic (exact) mass is 461 g/mol. The fourth-order valence-electron chi connectivity index (χ4n) is 3.55. The second-order valence-corrected chi connectivity index (χ2v) is 8.30. The molecule has 6 heteroatoms. The van der Waals surface area contributed by atoms with E-state index in [0.717, 1.165) is 17.5 Å². The Morgan fingerprint density at radius 3 is 2.42 bits per heavy atom. The van der Waals surface area contributed by atoms with Crippen LogP contribution in [0.1, 0.15) is 23.6 Å².